The first-order valence-corrected chi connectivity index (χ1v) is 12.7. The molecule has 2 aliphatic heterocycles. The van der Waals surface area contributed by atoms with Crippen LogP contribution in [0.5, 0.6) is 5.75 Å². The highest BCUT2D eigenvalue weighted by molar-refractivity contribution is 6.00. The van der Waals surface area contributed by atoms with E-state index < -0.39 is 5.97 Å². The van der Waals surface area contributed by atoms with Crippen LogP contribution in [0.4, 0.5) is 0 Å². The lowest BCUT2D eigenvalue weighted by Gasteiger charge is -2.37. The van der Waals surface area contributed by atoms with Gasteiger partial charge in [-0.05, 0) is 80.9 Å². The molecule has 34 heavy (non-hydrogen) atoms. The minimum absolute atomic E-state index is 0.00343. The third kappa shape index (κ3) is 4.13. The molecule has 0 aromatic heterocycles. The molecule has 2 bridgehead atoms. The molecule has 0 spiro atoms. The van der Waals surface area contributed by atoms with Gasteiger partial charge < -0.3 is 14.7 Å². The molecule has 2 heterocycles. The number of rotatable bonds is 5. The molecule has 3 aliphatic rings. The quantitative estimate of drug-likeness (QED) is 0.634. The van der Waals surface area contributed by atoms with Gasteiger partial charge in [0.2, 0.25) is 0 Å². The van der Waals surface area contributed by atoms with Crippen LogP contribution in [-0.2, 0) is 4.79 Å². The van der Waals surface area contributed by atoms with Crippen molar-refractivity contribution in [1.29, 1.82) is 5.26 Å². The number of hydrogen-bond donors (Lipinski definition) is 1. The van der Waals surface area contributed by atoms with Crippen molar-refractivity contribution in [3.8, 4) is 11.8 Å². The predicted molar refractivity (Wildman–Crippen MR) is 129 cm³/mol. The van der Waals surface area contributed by atoms with Crippen molar-refractivity contribution in [2.45, 2.75) is 82.9 Å². The van der Waals surface area contributed by atoms with E-state index in [0.29, 0.717) is 29.7 Å². The minimum atomic E-state index is -0.754. The number of piperidine rings is 1. The van der Waals surface area contributed by atoms with Crippen molar-refractivity contribution in [1.82, 2.24) is 4.90 Å². The van der Waals surface area contributed by atoms with E-state index in [1.165, 1.54) is 19.3 Å². The van der Waals surface area contributed by atoms with Crippen LogP contribution in [0.3, 0.4) is 0 Å². The molecule has 178 valence electrons. The first-order chi connectivity index (χ1) is 16.5. The fourth-order valence-electron chi connectivity index (χ4n) is 6.35. The van der Waals surface area contributed by atoms with E-state index in [4.69, 9.17) is 4.74 Å². The number of aliphatic carboxylic acids is 1. The number of nitriles is 1. The van der Waals surface area contributed by atoms with Crippen molar-refractivity contribution >= 4 is 22.6 Å². The van der Waals surface area contributed by atoms with Gasteiger partial charge in [0, 0.05) is 23.0 Å². The number of hydrogen-bond acceptors (Lipinski definition) is 4. The molecular weight excluding hydrogens is 428 g/mol. The Balaban J connectivity index is 1.36. The number of carbonyl (C=O) groups excluding carboxylic acids is 1. The first-order valence-electron chi connectivity index (χ1n) is 12.7. The first kappa shape index (κ1) is 22.7. The Kier molecular flexibility index (Phi) is 6.20. The average molecular weight is 461 g/mol. The Morgan fingerprint density at radius 2 is 1.76 bits per heavy atom. The molecule has 1 N–H and O–H groups in total. The molecule has 2 aromatic carbocycles. The van der Waals surface area contributed by atoms with Crippen molar-refractivity contribution in [3.05, 3.63) is 41.5 Å². The Hall–Kier alpha value is -3.07. The van der Waals surface area contributed by atoms with Crippen LogP contribution in [0.15, 0.2) is 30.3 Å². The van der Waals surface area contributed by atoms with Crippen LogP contribution < -0.4 is 4.74 Å². The summed E-state index contributed by atoms with van der Waals surface area (Å²) in [6.07, 6.45) is 8.56. The van der Waals surface area contributed by atoms with E-state index in [9.17, 15) is 20.0 Å². The molecule has 3 fully saturated rings. The second kappa shape index (κ2) is 9.29. The maximum absolute atomic E-state index is 13.4. The van der Waals surface area contributed by atoms with Gasteiger partial charge in [-0.1, -0.05) is 25.5 Å². The van der Waals surface area contributed by atoms with Crippen LogP contribution >= 0.6 is 0 Å². The lowest BCUT2D eigenvalue weighted by molar-refractivity contribution is -0.144. The van der Waals surface area contributed by atoms with Gasteiger partial charge in [-0.3, -0.25) is 9.59 Å². The molecule has 2 saturated heterocycles. The van der Waals surface area contributed by atoms with Gasteiger partial charge >= 0.3 is 5.97 Å². The predicted octanol–water partition coefficient (Wildman–Crippen LogP) is 5.53. The fourth-order valence-corrected chi connectivity index (χ4v) is 6.35. The molecule has 2 aromatic rings. The highest BCUT2D eigenvalue weighted by Gasteiger charge is 2.45. The molecule has 2 atom stereocenters. The molecule has 5 rings (SSSR count). The van der Waals surface area contributed by atoms with E-state index in [2.05, 4.69) is 13.0 Å². The molecule has 6 nitrogen and oxygen atoms in total. The maximum atomic E-state index is 13.4. The SMILES string of the molecule is CCC1CCC(Oc2ccc3cc(C(=O)N4C5CCC4CC(C(=O)O)C5)ccc3c2C#N)CC1. The lowest BCUT2D eigenvalue weighted by Crippen LogP contribution is -2.47. The molecule has 6 heteroatoms. The van der Waals surface area contributed by atoms with Crippen LogP contribution in [0, 0.1) is 23.2 Å². The van der Waals surface area contributed by atoms with Crippen molar-refractivity contribution < 1.29 is 19.4 Å². The smallest absolute Gasteiger partial charge is 0.306 e. The summed E-state index contributed by atoms with van der Waals surface area (Å²) in [4.78, 5) is 26.8. The summed E-state index contributed by atoms with van der Waals surface area (Å²) < 4.78 is 6.27. The number of fused-ring (bicyclic) bond motifs is 3. The fraction of sp³-hybridized carbons (Fsp3) is 0.536. The summed E-state index contributed by atoms with van der Waals surface area (Å²) >= 11 is 0. The topological polar surface area (TPSA) is 90.6 Å². The number of carboxylic acid groups (broad SMARTS) is 1. The van der Waals surface area contributed by atoms with Gasteiger partial charge in [-0.25, -0.2) is 0 Å². The maximum Gasteiger partial charge on any atom is 0.306 e. The average Bonchev–Trinajstić information content (AvgIpc) is 3.12. The number of ether oxygens (including phenoxy) is 1. The van der Waals surface area contributed by atoms with Gasteiger partial charge in [0.05, 0.1) is 12.0 Å². The van der Waals surface area contributed by atoms with Crippen LogP contribution in [0.1, 0.15) is 80.6 Å². The number of carbonyl (C=O) groups is 2. The second-order valence-electron chi connectivity index (χ2n) is 10.3. The summed E-state index contributed by atoms with van der Waals surface area (Å²) in [6, 6.07) is 11.6. The number of amides is 1. The zero-order valence-corrected chi connectivity index (χ0v) is 19.7. The Morgan fingerprint density at radius 3 is 2.38 bits per heavy atom. The van der Waals surface area contributed by atoms with Gasteiger partial charge in [-0.15, -0.1) is 0 Å². The third-order valence-corrected chi connectivity index (χ3v) is 8.32. The molecule has 1 aliphatic carbocycles. The summed E-state index contributed by atoms with van der Waals surface area (Å²) in [7, 11) is 0. The van der Waals surface area contributed by atoms with E-state index >= 15 is 0 Å². The second-order valence-corrected chi connectivity index (χ2v) is 10.3. The van der Waals surface area contributed by atoms with Crippen molar-refractivity contribution in [3.63, 3.8) is 0 Å². The normalized spacial score (nSPS) is 28.5. The third-order valence-electron chi connectivity index (χ3n) is 8.32. The van der Waals surface area contributed by atoms with E-state index in [0.717, 1.165) is 42.4 Å². The van der Waals surface area contributed by atoms with Crippen LogP contribution in [-0.4, -0.2) is 40.1 Å². The Labute approximate surface area is 200 Å². The molecule has 0 radical (unpaired) electrons. The zero-order chi connectivity index (χ0) is 23.8. The van der Waals surface area contributed by atoms with Crippen molar-refractivity contribution in [2.24, 2.45) is 11.8 Å². The number of carboxylic acids is 1. The van der Waals surface area contributed by atoms with E-state index in [1.54, 1.807) is 6.07 Å². The highest BCUT2D eigenvalue weighted by atomic mass is 16.5. The monoisotopic (exact) mass is 460 g/mol. The summed E-state index contributed by atoms with van der Waals surface area (Å²) in [5.74, 6) is 0.266. The van der Waals surface area contributed by atoms with E-state index in [1.807, 2.05) is 29.2 Å². The Bertz CT molecular complexity index is 1130. The van der Waals surface area contributed by atoms with Crippen LogP contribution in [0.25, 0.3) is 10.8 Å². The minimum Gasteiger partial charge on any atom is -0.489 e. The molecule has 1 amide bonds. The summed E-state index contributed by atoms with van der Waals surface area (Å²) in [6.45, 7) is 2.24. The number of benzene rings is 2. The zero-order valence-electron chi connectivity index (χ0n) is 19.7. The molecule has 1 saturated carbocycles. The summed E-state index contributed by atoms with van der Waals surface area (Å²) in [5, 5.41) is 21.0. The highest BCUT2D eigenvalue weighted by Crippen LogP contribution is 2.40. The van der Waals surface area contributed by atoms with Crippen LogP contribution in [0.2, 0.25) is 0 Å². The standard InChI is InChI=1S/C28H32N2O4/c1-2-17-3-9-23(10-4-17)34-26-12-6-18-13-19(5-11-24(18)25(26)16-29)27(31)30-21-7-8-22(30)15-20(14-21)28(32)33/h5-6,11-13,17,20-23H,2-4,7-10,14-15H2,1H3,(H,32,33). The van der Waals surface area contributed by atoms with Gasteiger partial charge in [0.1, 0.15) is 17.4 Å². The molecular formula is C28H32N2O4. The van der Waals surface area contributed by atoms with Gasteiger partial charge in [0.15, 0.2) is 0 Å². The van der Waals surface area contributed by atoms with Gasteiger partial charge in [-0.2, -0.15) is 5.26 Å². The lowest BCUT2D eigenvalue weighted by atomic mass is 9.86. The summed E-state index contributed by atoms with van der Waals surface area (Å²) in [5.41, 5.74) is 1.12. The number of nitrogens with zero attached hydrogens (tertiary/aromatic N) is 2. The molecule has 2 unspecified atom stereocenters. The Morgan fingerprint density at radius 1 is 1.06 bits per heavy atom. The van der Waals surface area contributed by atoms with Crippen molar-refractivity contribution in [2.75, 3.05) is 0 Å². The largest absolute Gasteiger partial charge is 0.489 e. The van der Waals surface area contributed by atoms with Gasteiger partial charge in [0.25, 0.3) is 5.91 Å². The van der Waals surface area contributed by atoms with E-state index in [-0.39, 0.29) is 30.0 Å².